The maximum absolute atomic E-state index is 12.7. The highest BCUT2D eigenvalue weighted by atomic mass is 16.5. The first-order valence-corrected chi connectivity index (χ1v) is 6.45. The van der Waals surface area contributed by atoms with Crippen molar-refractivity contribution >= 4 is 11.8 Å². The van der Waals surface area contributed by atoms with Gasteiger partial charge in [-0.2, -0.15) is 0 Å². The highest BCUT2D eigenvalue weighted by Gasteiger charge is 2.18. The van der Waals surface area contributed by atoms with Crippen LogP contribution in [-0.2, 0) is 4.74 Å². The van der Waals surface area contributed by atoms with Gasteiger partial charge in [0.15, 0.2) is 5.78 Å². The van der Waals surface area contributed by atoms with Crippen LogP contribution < -0.4 is 4.74 Å². The van der Waals surface area contributed by atoms with Gasteiger partial charge in [0.2, 0.25) is 0 Å². The van der Waals surface area contributed by atoms with Crippen LogP contribution in [0.15, 0.2) is 42.5 Å². The summed E-state index contributed by atoms with van der Waals surface area (Å²) >= 11 is 0. The molecule has 2 rings (SSSR count). The second-order valence-electron chi connectivity index (χ2n) is 4.55. The minimum atomic E-state index is -0.489. The molecular weight excluding hydrogens is 268 g/mol. The van der Waals surface area contributed by atoms with Crippen LogP contribution in [0.3, 0.4) is 0 Å². The maximum atomic E-state index is 12.7. The summed E-state index contributed by atoms with van der Waals surface area (Å²) < 4.78 is 9.91. The molecule has 108 valence electrons. The molecule has 2 aromatic carbocycles. The number of carbonyl (C=O) groups excluding carboxylic acids is 2. The Morgan fingerprint density at radius 2 is 1.67 bits per heavy atom. The zero-order valence-corrected chi connectivity index (χ0v) is 12.2. The lowest BCUT2D eigenvalue weighted by molar-refractivity contribution is 0.0600. The molecule has 2 aromatic rings. The van der Waals surface area contributed by atoms with E-state index in [1.807, 2.05) is 19.1 Å². The number of methoxy groups -OCH3 is 2. The van der Waals surface area contributed by atoms with Gasteiger partial charge in [-0.25, -0.2) is 4.79 Å². The maximum Gasteiger partial charge on any atom is 0.337 e. The molecule has 4 heteroatoms. The molecule has 0 aliphatic heterocycles. The molecule has 0 saturated carbocycles. The van der Waals surface area contributed by atoms with Crippen LogP contribution in [0.4, 0.5) is 0 Å². The van der Waals surface area contributed by atoms with Gasteiger partial charge in [0.1, 0.15) is 5.75 Å². The van der Waals surface area contributed by atoms with E-state index in [9.17, 15) is 9.59 Å². The number of aryl methyl sites for hydroxylation is 1. The van der Waals surface area contributed by atoms with E-state index >= 15 is 0 Å². The highest BCUT2D eigenvalue weighted by molar-refractivity contribution is 6.12. The van der Waals surface area contributed by atoms with Gasteiger partial charge in [0, 0.05) is 5.56 Å². The minimum absolute atomic E-state index is 0.185. The van der Waals surface area contributed by atoms with Crippen molar-refractivity contribution in [1.82, 2.24) is 0 Å². The summed E-state index contributed by atoms with van der Waals surface area (Å²) in [7, 11) is 2.79. The lowest BCUT2D eigenvalue weighted by Gasteiger charge is -2.10. The van der Waals surface area contributed by atoms with Gasteiger partial charge in [-0.05, 0) is 30.7 Å². The molecular formula is C17H16O4. The Balaban J connectivity index is 2.53. The molecule has 4 nitrogen and oxygen atoms in total. The van der Waals surface area contributed by atoms with Gasteiger partial charge < -0.3 is 9.47 Å². The Morgan fingerprint density at radius 3 is 2.29 bits per heavy atom. The van der Waals surface area contributed by atoms with E-state index in [0.717, 1.165) is 5.56 Å². The second kappa shape index (κ2) is 6.22. The van der Waals surface area contributed by atoms with Gasteiger partial charge in [-0.15, -0.1) is 0 Å². The zero-order valence-electron chi connectivity index (χ0n) is 12.2. The average molecular weight is 284 g/mol. The fourth-order valence-corrected chi connectivity index (χ4v) is 2.10. The van der Waals surface area contributed by atoms with E-state index < -0.39 is 5.97 Å². The van der Waals surface area contributed by atoms with Crippen molar-refractivity contribution in [2.24, 2.45) is 0 Å². The van der Waals surface area contributed by atoms with E-state index in [-0.39, 0.29) is 5.78 Å². The van der Waals surface area contributed by atoms with Crippen molar-refractivity contribution in [3.05, 3.63) is 64.7 Å². The Labute approximate surface area is 123 Å². The number of carbonyl (C=O) groups is 2. The summed E-state index contributed by atoms with van der Waals surface area (Å²) in [5.41, 5.74) is 2.11. The molecule has 0 aliphatic rings. The van der Waals surface area contributed by atoms with Crippen LogP contribution in [0.25, 0.3) is 0 Å². The molecule has 0 unspecified atom stereocenters. The van der Waals surface area contributed by atoms with Crippen LogP contribution in [-0.4, -0.2) is 26.0 Å². The summed E-state index contributed by atoms with van der Waals surface area (Å²) in [6.45, 7) is 1.86. The lowest BCUT2D eigenvalue weighted by Crippen LogP contribution is -2.09. The molecule has 0 spiro atoms. The number of ketones is 1. The number of rotatable bonds is 4. The number of hydrogen-bond donors (Lipinski definition) is 0. The largest absolute Gasteiger partial charge is 0.496 e. The first kappa shape index (κ1) is 14.8. The molecule has 0 saturated heterocycles. The fraction of sp³-hybridized carbons (Fsp3) is 0.176. The third-order valence-electron chi connectivity index (χ3n) is 3.25. The quantitative estimate of drug-likeness (QED) is 0.639. The normalized spacial score (nSPS) is 10.0. The van der Waals surface area contributed by atoms with Gasteiger partial charge in [-0.3, -0.25) is 4.79 Å². The molecule has 0 heterocycles. The molecule has 0 bridgehead atoms. The summed E-state index contributed by atoms with van der Waals surface area (Å²) in [6.07, 6.45) is 0. The van der Waals surface area contributed by atoms with Crippen LogP contribution in [0.5, 0.6) is 5.75 Å². The Hall–Kier alpha value is -2.62. The SMILES string of the molecule is COC(=O)c1ccc(OC)c(C(=O)c2ccccc2C)c1. The molecule has 0 aliphatic carbocycles. The molecule has 0 radical (unpaired) electrons. The molecule has 0 amide bonds. The van der Waals surface area contributed by atoms with E-state index in [4.69, 9.17) is 4.74 Å². The van der Waals surface area contributed by atoms with Gasteiger partial charge in [0.05, 0.1) is 25.3 Å². The standard InChI is InChI=1S/C17H16O4/c1-11-6-4-5-7-13(11)16(18)14-10-12(17(19)21-3)8-9-15(14)20-2/h4-10H,1-3H3. The first-order chi connectivity index (χ1) is 10.1. The first-order valence-electron chi connectivity index (χ1n) is 6.45. The lowest BCUT2D eigenvalue weighted by atomic mass is 9.97. The highest BCUT2D eigenvalue weighted by Crippen LogP contribution is 2.24. The van der Waals surface area contributed by atoms with Crippen LogP contribution in [0.2, 0.25) is 0 Å². The van der Waals surface area contributed by atoms with Crippen molar-refractivity contribution < 1.29 is 19.1 Å². The Bertz CT molecular complexity index is 689. The number of ether oxygens (including phenoxy) is 2. The topological polar surface area (TPSA) is 52.6 Å². The van der Waals surface area contributed by atoms with E-state index in [2.05, 4.69) is 4.74 Å². The fourth-order valence-electron chi connectivity index (χ4n) is 2.10. The summed E-state index contributed by atoms with van der Waals surface area (Å²) in [4.78, 5) is 24.3. The minimum Gasteiger partial charge on any atom is -0.496 e. The van der Waals surface area contributed by atoms with Gasteiger partial charge in [0.25, 0.3) is 0 Å². The second-order valence-corrected chi connectivity index (χ2v) is 4.55. The average Bonchev–Trinajstić information content (AvgIpc) is 2.53. The number of benzene rings is 2. The van der Waals surface area contributed by atoms with Crippen LogP contribution >= 0.6 is 0 Å². The third-order valence-corrected chi connectivity index (χ3v) is 3.25. The zero-order chi connectivity index (χ0) is 15.4. The predicted octanol–water partition coefficient (Wildman–Crippen LogP) is 3.02. The monoisotopic (exact) mass is 284 g/mol. The molecule has 0 N–H and O–H groups in total. The van der Waals surface area contributed by atoms with Crippen molar-refractivity contribution in [2.45, 2.75) is 6.92 Å². The van der Waals surface area contributed by atoms with E-state index in [1.165, 1.54) is 20.3 Å². The predicted molar refractivity (Wildman–Crippen MR) is 78.9 cm³/mol. The Morgan fingerprint density at radius 1 is 0.952 bits per heavy atom. The number of esters is 1. The van der Waals surface area contributed by atoms with Crippen molar-refractivity contribution in [3.63, 3.8) is 0 Å². The van der Waals surface area contributed by atoms with Crippen LogP contribution in [0.1, 0.15) is 31.8 Å². The summed E-state index contributed by atoms with van der Waals surface area (Å²) in [6, 6.07) is 12.0. The molecule has 0 fully saturated rings. The smallest absolute Gasteiger partial charge is 0.337 e. The third kappa shape index (κ3) is 2.94. The number of hydrogen-bond acceptors (Lipinski definition) is 4. The Kier molecular flexibility index (Phi) is 4.38. The van der Waals surface area contributed by atoms with Crippen LogP contribution in [0, 0.1) is 6.92 Å². The summed E-state index contributed by atoms with van der Waals surface area (Å²) in [5.74, 6) is -0.247. The van der Waals surface area contributed by atoms with E-state index in [0.29, 0.717) is 22.4 Å². The van der Waals surface area contributed by atoms with E-state index in [1.54, 1.807) is 24.3 Å². The molecule has 0 aromatic heterocycles. The van der Waals surface area contributed by atoms with Crippen molar-refractivity contribution in [2.75, 3.05) is 14.2 Å². The van der Waals surface area contributed by atoms with Gasteiger partial charge >= 0.3 is 5.97 Å². The molecule has 0 atom stereocenters. The van der Waals surface area contributed by atoms with Crippen molar-refractivity contribution in [3.8, 4) is 5.75 Å². The summed E-state index contributed by atoms with van der Waals surface area (Å²) in [5, 5.41) is 0. The molecule has 21 heavy (non-hydrogen) atoms. The van der Waals surface area contributed by atoms with Gasteiger partial charge in [-0.1, -0.05) is 24.3 Å². The van der Waals surface area contributed by atoms with Crippen molar-refractivity contribution in [1.29, 1.82) is 0 Å².